The molecule has 0 bridgehead atoms. The monoisotopic (exact) mass is 352 g/mol. The fourth-order valence-electron chi connectivity index (χ4n) is 3.03. The van der Waals surface area contributed by atoms with Crippen LogP contribution in [0, 0.1) is 12.7 Å². The molecule has 1 atom stereocenters. The predicted molar refractivity (Wildman–Crippen MR) is 95.9 cm³/mol. The highest BCUT2D eigenvalue weighted by molar-refractivity contribution is 6.17. The van der Waals surface area contributed by atoms with Crippen LogP contribution in [0.3, 0.4) is 0 Å². The second-order valence-electron chi connectivity index (χ2n) is 6.10. The van der Waals surface area contributed by atoms with Gasteiger partial charge in [-0.2, -0.15) is 0 Å². The first-order chi connectivity index (χ1) is 12.4. The molecule has 3 rings (SSSR count). The third-order valence-electron chi connectivity index (χ3n) is 4.30. The van der Waals surface area contributed by atoms with E-state index < -0.39 is 23.7 Å². The molecule has 6 heteroatoms. The van der Waals surface area contributed by atoms with Crippen molar-refractivity contribution < 1.29 is 19.1 Å². The van der Waals surface area contributed by atoms with Gasteiger partial charge in [0.05, 0.1) is 11.6 Å². The van der Waals surface area contributed by atoms with Gasteiger partial charge in [0.2, 0.25) is 0 Å². The molecule has 2 N–H and O–H groups in total. The summed E-state index contributed by atoms with van der Waals surface area (Å²) >= 11 is 0. The minimum Gasteiger partial charge on any atom is -0.465 e. The van der Waals surface area contributed by atoms with Crippen LogP contribution in [0.15, 0.2) is 48.8 Å². The van der Waals surface area contributed by atoms with Crippen molar-refractivity contribution in [3.8, 4) is 0 Å². The number of fused-ring (bicyclic) bond motifs is 1. The number of benzene rings is 2. The average molecular weight is 352 g/mol. The Kier molecular flexibility index (Phi) is 4.67. The summed E-state index contributed by atoms with van der Waals surface area (Å²) in [6.07, 6.45) is 2.04. The number of pyridine rings is 1. The average Bonchev–Trinajstić information content (AvgIpc) is 2.59. The molecule has 0 aliphatic carbocycles. The third-order valence-corrected chi connectivity index (χ3v) is 4.30. The predicted octanol–water partition coefficient (Wildman–Crippen LogP) is 4.24. The summed E-state index contributed by atoms with van der Waals surface area (Å²) in [5.41, 5.74) is 1.30. The van der Waals surface area contributed by atoms with Gasteiger partial charge < -0.3 is 10.4 Å². The maximum atomic E-state index is 14.7. The van der Waals surface area contributed by atoms with E-state index in [1.54, 1.807) is 50.5 Å². The molecule has 1 aromatic heterocycles. The Bertz CT molecular complexity index is 989. The number of aryl methyl sites for hydroxylation is 1. The van der Waals surface area contributed by atoms with E-state index in [0.29, 0.717) is 22.1 Å². The Morgan fingerprint density at radius 2 is 2.00 bits per heavy atom. The maximum absolute atomic E-state index is 14.7. The van der Waals surface area contributed by atoms with Crippen LogP contribution in [0.5, 0.6) is 0 Å². The number of hydrogen-bond acceptors (Lipinski definition) is 3. The van der Waals surface area contributed by atoms with E-state index >= 15 is 0 Å². The first-order valence-corrected chi connectivity index (χ1v) is 8.05. The molecule has 1 unspecified atom stereocenters. The minimum absolute atomic E-state index is 0.0133. The molecule has 26 heavy (non-hydrogen) atoms. The van der Waals surface area contributed by atoms with Crippen LogP contribution in [0.2, 0.25) is 0 Å². The second-order valence-corrected chi connectivity index (χ2v) is 6.10. The van der Waals surface area contributed by atoms with Crippen LogP contribution >= 0.6 is 0 Å². The first-order valence-electron chi connectivity index (χ1n) is 8.05. The van der Waals surface area contributed by atoms with Gasteiger partial charge in [0, 0.05) is 23.3 Å². The Morgan fingerprint density at radius 3 is 2.69 bits per heavy atom. The summed E-state index contributed by atoms with van der Waals surface area (Å²) in [6, 6.07) is 9.20. The zero-order valence-electron chi connectivity index (χ0n) is 14.3. The van der Waals surface area contributed by atoms with Crippen molar-refractivity contribution in [3.63, 3.8) is 0 Å². The van der Waals surface area contributed by atoms with Crippen molar-refractivity contribution in [2.45, 2.75) is 19.9 Å². The van der Waals surface area contributed by atoms with Gasteiger partial charge in [-0.05, 0) is 42.5 Å². The van der Waals surface area contributed by atoms with E-state index in [1.165, 1.54) is 6.07 Å². The lowest BCUT2D eigenvalue weighted by Crippen LogP contribution is -2.24. The summed E-state index contributed by atoms with van der Waals surface area (Å²) in [7, 11) is 0. The van der Waals surface area contributed by atoms with Crippen LogP contribution in [-0.4, -0.2) is 22.0 Å². The normalized spacial score (nSPS) is 12.0. The zero-order chi connectivity index (χ0) is 18.8. The highest BCUT2D eigenvalue weighted by atomic mass is 19.1. The number of amides is 1. The lowest BCUT2D eigenvalue weighted by Gasteiger charge is -2.15. The number of carboxylic acid groups (broad SMARTS) is 1. The van der Waals surface area contributed by atoms with Gasteiger partial charge in [-0.3, -0.25) is 9.78 Å². The Balaban J connectivity index is 2.06. The molecular weight excluding hydrogens is 335 g/mol. The Morgan fingerprint density at radius 1 is 1.23 bits per heavy atom. The van der Waals surface area contributed by atoms with Crippen LogP contribution in [0.4, 0.5) is 9.18 Å². The molecule has 0 aliphatic heterocycles. The summed E-state index contributed by atoms with van der Waals surface area (Å²) < 4.78 is 14.7. The number of ketones is 1. The number of aromatic nitrogens is 1. The van der Waals surface area contributed by atoms with Crippen molar-refractivity contribution >= 4 is 22.6 Å². The maximum Gasteiger partial charge on any atom is 0.405 e. The molecular formula is C20H17FN2O3. The molecule has 3 aromatic rings. The minimum atomic E-state index is -1.19. The Labute approximate surface area is 149 Å². The topological polar surface area (TPSA) is 79.3 Å². The number of nitrogens with zero attached hydrogens (tertiary/aromatic N) is 1. The van der Waals surface area contributed by atoms with Gasteiger partial charge in [-0.1, -0.05) is 24.3 Å². The molecule has 0 saturated heterocycles. The lowest BCUT2D eigenvalue weighted by atomic mass is 9.93. The molecule has 0 aliphatic rings. The van der Waals surface area contributed by atoms with E-state index in [1.807, 2.05) is 6.07 Å². The fourth-order valence-corrected chi connectivity index (χ4v) is 3.03. The molecule has 1 heterocycles. The quantitative estimate of drug-likeness (QED) is 0.688. The van der Waals surface area contributed by atoms with Crippen LogP contribution < -0.4 is 5.32 Å². The summed E-state index contributed by atoms with van der Waals surface area (Å²) in [6.45, 7) is 3.25. The SMILES string of the molecule is Cc1cc(C(C)NC(=O)O)cc(F)c1C(=O)c1cccc2cnccc12. The molecule has 1 amide bonds. The number of carbonyl (C=O) groups excluding carboxylic acids is 1. The van der Waals surface area contributed by atoms with Crippen LogP contribution in [0.25, 0.3) is 10.8 Å². The summed E-state index contributed by atoms with van der Waals surface area (Å²) in [4.78, 5) is 27.8. The standard InChI is InChI=1S/C20H17FN2O3/c1-11-8-14(12(2)23-20(25)26)9-17(21)18(11)19(24)16-5-3-4-13-10-22-7-6-15(13)16/h3-10,12,23H,1-2H3,(H,25,26). The number of rotatable bonds is 4. The molecule has 5 nitrogen and oxygen atoms in total. The third kappa shape index (κ3) is 3.26. The van der Waals surface area contributed by atoms with Crippen LogP contribution in [0.1, 0.15) is 40.0 Å². The molecule has 0 saturated carbocycles. The highest BCUT2D eigenvalue weighted by Crippen LogP contribution is 2.26. The van der Waals surface area contributed by atoms with Gasteiger partial charge in [0.15, 0.2) is 5.78 Å². The molecule has 0 radical (unpaired) electrons. The fraction of sp³-hybridized carbons (Fsp3) is 0.150. The lowest BCUT2D eigenvalue weighted by molar-refractivity contribution is 0.103. The van der Waals surface area contributed by atoms with E-state index in [2.05, 4.69) is 10.3 Å². The summed E-state index contributed by atoms with van der Waals surface area (Å²) in [5.74, 6) is -1.09. The number of halogens is 1. The molecule has 2 aromatic carbocycles. The zero-order valence-corrected chi connectivity index (χ0v) is 14.3. The van der Waals surface area contributed by atoms with E-state index in [4.69, 9.17) is 5.11 Å². The molecule has 132 valence electrons. The van der Waals surface area contributed by atoms with Gasteiger partial charge in [0.25, 0.3) is 0 Å². The molecule has 0 fully saturated rings. The number of carbonyl (C=O) groups is 2. The smallest absolute Gasteiger partial charge is 0.405 e. The van der Waals surface area contributed by atoms with Gasteiger partial charge in [-0.15, -0.1) is 0 Å². The van der Waals surface area contributed by atoms with E-state index in [9.17, 15) is 14.0 Å². The van der Waals surface area contributed by atoms with Gasteiger partial charge in [-0.25, -0.2) is 9.18 Å². The van der Waals surface area contributed by atoms with Crippen molar-refractivity contribution in [3.05, 3.63) is 76.9 Å². The van der Waals surface area contributed by atoms with Gasteiger partial charge in [0.1, 0.15) is 5.82 Å². The Hall–Kier alpha value is -3.28. The van der Waals surface area contributed by atoms with Crippen molar-refractivity contribution in [2.24, 2.45) is 0 Å². The van der Waals surface area contributed by atoms with Gasteiger partial charge >= 0.3 is 6.09 Å². The first kappa shape index (κ1) is 17.5. The van der Waals surface area contributed by atoms with Crippen molar-refractivity contribution in [2.75, 3.05) is 0 Å². The second kappa shape index (κ2) is 6.92. The van der Waals surface area contributed by atoms with Crippen molar-refractivity contribution in [1.29, 1.82) is 0 Å². The molecule has 0 spiro atoms. The van der Waals surface area contributed by atoms with E-state index in [-0.39, 0.29) is 5.56 Å². The number of hydrogen-bond donors (Lipinski definition) is 2. The largest absolute Gasteiger partial charge is 0.465 e. The van der Waals surface area contributed by atoms with Crippen LogP contribution in [-0.2, 0) is 0 Å². The van der Waals surface area contributed by atoms with E-state index in [0.717, 1.165) is 5.39 Å². The summed E-state index contributed by atoms with van der Waals surface area (Å²) in [5, 5.41) is 12.6. The highest BCUT2D eigenvalue weighted by Gasteiger charge is 2.21. The number of nitrogens with one attached hydrogen (secondary N) is 1. The van der Waals surface area contributed by atoms with Crippen molar-refractivity contribution in [1.82, 2.24) is 10.3 Å².